The van der Waals surface area contributed by atoms with E-state index in [1.54, 1.807) is 0 Å². The van der Waals surface area contributed by atoms with Gasteiger partial charge in [0.25, 0.3) is 0 Å². The Morgan fingerprint density at radius 3 is 2.31 bits per heavy atom. The Morgan fingerprint density at radius 2 is 1.92 bits per heavy atom. The lowest BCUT2D eigenvalue weighted by Gasteiger charge is -2.15. The predicted octanol–water partition coefficient (Wildman–Crippen LogP) is 2.18. The molecule has 0 saturated heterocycles. The summed E-state index contributed by atoms with van der Waals surface area (Å²) in [4.78, 5) is 0. The third-order valence-electron chi connectivity index (χ3n) is 1.70. The molecule has 0 aromatic carbocycles. The van der Waals surface area contributed by atoms with Gasteiger partial charge in [0.1, 0.15) is 0 Å². The summed E-state index contributed by atoms with van der Waals surface area (Å²) < 4.78 is 35.3. The van der Waals surface area contributed by atoms with Crippen molar-refractivity contribution in [3.05, 3.63) is 0 Å². The second kappa shape index (κ2) is 6.45. The second-order valence-corrected chi connectivity index (χ2v) is 3.23. The standard InChI is InChI=1S/C7H14ClF3N2/c8-5-1-2-6(13-12)3-4-7(9,10)11/h6,13H,1-5,12H2. The molecule has 0 aliphatic carbocycles. The Labute approximate surface area is 80.6 Å². The van der Waals surface area contributed by atoms with Gasteiger partial charge in [-0.2, -0.15) is 13.2 Å². The number of hydrogen-bond donors (Lipinski definition) is 2. The van der Waals surface area contributed by atoms with Crippen LogP contribution in [0.2, 0.25) is 0 Å². The van der Waals surface area contributed by atoms with E-state index >= 15 is 0 Å². The van der Waals surface area contributed by atoms with Crippen LogP contribution >= 0.6 is 11.6 Å². The van der Waals surface area contributed by atoms with Crippen LogP contribution in [0.25, 0.3) is 0 Å². The number of rotatable bonds is 6. The van der Waals surface area contributed by atoms with Crippen LogP contribution in [0.5, 0.6) is 0 Å². The van der Waals surface area contributed by atoms with Gasteiger partial charge in [-0.25, -0.2) is 0 Å². The van der Waals surface area contributed by atoms with Gasteiger partial charge in [0.2, 0.25) is 0 Å². The Morgan fingerprint density at radius 1 is 1.31 bits per heavy atom. The quantitative estimate of drug-likeness (QED) is 0.408. The highest BCUT2D eigenvalue weighted by Crippen LogP contribution is 2.23. The molecule has 1 atom stereocenters. The van der Waals surface area contributed by atoms with Crippen molar-refractivity contribution in [2.45, 2.75) is 37.9 Å². The lowest BCUT2D eigenvalue weighted by atomic mass is 10.1. The van der Waals surface area contributed by atoms with Gasteiger partial charge in [0, 0.05) is 18.3 Å². The Balaban J connectivity index is 3.59. The lowest BCUT2D eigenvalue weighted by Crippen LogP contribution is -2.36. The van der Waals surface area contributed by atoms with Gasteiger partial charge < -0.3 is 0 Å². The minimum Gasteiger partial charge on any atom is -0.271 e. The number of alkyl halides is 4. The smallest absolute Gasteiger partial charge is 0.271 e. The molecule has 2 nitrogen and oxygen atoms in total. The molecule has 3 N–H and O–H groups in total. The normalized spacial score (nSPS) is 14.5. The molecule has 13 heavy (non-hydrogen) atoms. The number of hydrazine groups is 1. The van der Waals surface area contributed by atoms with E-state index in [1.165, 1.54) is 0 Å². The van der Waals surface area contributed by atoms with Crippen molar-refractivity contribution in [1.29, 1.82) is 0 Å². The first kappa shape index (κ1) is 13.0. The van der Waals surface area contributed by atoms with E-state index in [0.717, 1.165) is 0 Å². The van der Waals surface area contributed by atoms with E-state index in [-0.39, 0.29) is 12.5 Å². The number of nitrogens with one attached hydrogen (secondary N) is 1. The third kappa shape index (κ3) is 8.33. The molecular weight excluding hydrogens is 205 g/mol. The molecule has 0 aliphatic heterocycles. The van der Waals surface area contributed by atoms with Gasteiger partial charge in [0.05, 0.1) is 0 Å². The summed E-state index contributed by atoms with van der Waals surface area (Å²) in [5, 5.41) is 0. The van der Waals surface area contributed by atoms with Crippen LogP contribution in [-0.2, 0) is 0 Å². The third-order valence-corrected chi connectivity index (χ3v) is 1.97. The van der Waals surface area contributed by atoms with Gasteiger partial charge in [-0.1, -0.05) is 0 Å². The molecule has 0 amide bonds. The zero-order chi connectivity index (χ0) is 10.3. The van der Waals surface area contributed by atoms with Crippen LogP contribution in [0, 0.1) is 0 Å². The maximum atomic E-state index is 11.8. The highest BCUT2D eigenvalue weighted by Gasteiger charge is 2.27. The summed E-state index contributed by atoms with van der Waals surface area (Å²) >= 11 is 5.40. The van der Waals surface area contributed by atoms with Crippen molar-refractivity contribution < 1.29 is 13.2 Å². The number of halogens is 4. The maximum Gasteiger partial charge on any atom is 0.389 e. The van der Waals surface area contributed by atoms with Gasteiger partial charge in [-0.3, -0.25) is 11.3 Å². The molecule has 0 fully saturated rings. The SMILES string of the molecule is NNC(CCCCl)CCC(F)(F)F. The molecule has 0 aromatic rings. The van der Waals surface area contributed by atoms with Crippen molar-refractivity contribution >= 4 is 11.6 Å². The van der Waals surface area contributed by atoms with Gasteiger partial charge in [0.15, 0.2) is 0 Å². The monoisotopic (exact) mass is 218 g/mol. The van der Waals surface area contributed by atoms with Crippen molar-refractivity contribution in [1.82, 2.24) is 5.43 Å². The van der Waals surface area contributed by atoms with Gasteiger partial charge in [-0.05, 0) is 19.3 Å². The van der Waals surface area contributed by atoms with Crippen LogP contribution in [0.3, 0.4) is 0 Å². The van der Waals surface area contributed by atoms with Crippen molar-refractivity contribution in [3.8, 4) is 0 Å². The summed E-state index contributed by atoms with van der Waals surface area (Å²) in [6, 6.07) is -0.291. The Kier molecular flexibility index (Phi) is 6.45. The number of hydrogen-bond acceptors (Lipinski definition) is 2. The van der Waals surface area contributed by atoms with E-state index in [2.05, 4.69) is 5.43 Å². The largest absolute Gasteiger partial charge is 0.389 e. The van der Waals surface area contributed by atoms with Crippen LogP contribution < -0.4 is 11.3 Å². The minimum absolute atomic E-state index is 0.0108. The van der Waals surface area contributed by atoms with Crippen LogP contribution in [-0.4, -0.2) is 18.1 Å². The fourth-order valence-corrected chi connectivity index (χ4v) is 1.13. The molecule has 6 heteroatoms. The predicted molar refractivity (Wildman–Crippen MR) is 46.4 cm³/mol. The van der Waals surface area contributed by atoms with Gasteiger partial charge in [-0.15, -0.1) is 11.6 Å². The fourth-order valence-electron chi connectivity index (χ4n) is 0.972. The molecule has 0 saturated carbocycles. The molecule has 0 spiro atoms. The fraction of sp³-hybridized carbons (Fsp3) is 1.00. The molecule has 1 unspecified atom stereocenters. The number of nitrogens with two attached hydrogens (primary N) is 1. The van der Waals surface area contributed by atoms with Crippen LogP contribution in [0.1, 0.15) is 25.7 Å². The molecule has 0 heterocycles. The Hall–Kier alpha value is -0.0000000000000000555. The molecule has 0 bridgehead atoms. The summed E-state index contributed by atoms with van der Waals surface area (Å²) in [5.41, 5.74) is 2.35. The molecular formula is C7H14ClF3N2. The average molecular weight is 219 g/mol. The van der Waals surface area contributed by atoms with E-state index < -0.39 is 12.6 Å². The van der Waals surface area contributed by atoms with Crippen molar-refractivity contribution in [2.24, 2.45) is 5.84 Å². The zero-order valence-corrected chi connectivity index (χ0v) is 7.96. The van der Waals surface area contributed by atoms with Crippen LogP contribution in [0.15, 0.2) is 0 Å². The van der Waals surface area contributed by atoms with Crippen molar-refractivity contribution in [2.75, 3.05) is 5.88 Å². The summed E-state index contributed by atoms with van der Waals surface area (Å²) in [6.07, 6.45) is -3.64. The minimum atomic E-state index is -4.10. The van der Waals surface area contributed by atoms with E-state index in [9.17, 15) is 13.2 Å². The first-order valence-electron chi connectivity index (χ1n) is 4.08. The van der Waals surface area contributed by atoms with Crippen LogP contribution in [0.4, 0.5) is 13.2 Å². The molecule has 0 aromatic heterocycles. The van der Waals surface area contributed by atoms with E-state index in [4.69, 9.17) is 17.4 Å². The molecule has 80 valence electrons. The highest BCUT2D eigenvalue weighted by molar-refractivity contribution is 6.17. The first-order valence-corrected chi connectivity index (χ1v) is 4.62. The molecule has 0 aliphatic rings. The second-order valence-electron chi connectivity index (χ2n) is 2.85. The average Bonchev–Trinajstić information content (AvgIpc) is 2.03. The summed E-state index contributed by atoms with van der Waals surface area (Å²) in [6.45, 7) is 0. The maximum absolute atomic E-state index is 11.8. The first-order chi connectivity index (χ1) is 5.99. The van der Waals surface area contributed by atoms with Gasteiger partial charge >= 0.3 is 6.18 Å². The highest BCUT2D eigenvalue weighted by atomic mass is 35.5. The lowest BCUT2D eigenvalue weighted by molar-refractivity contribution is -0.136. The van der Waals surface area contributed by atoms with Crippen molar-refractivity contribution in [3.63, 3.8) is 0 Å². The van der Waals surface area contributed by atoms with E-state index in [0.29, 0.717) is 18.7 Å². The Bertz CT molecular complexity index is 129. The van der Waals surface area contributed by atoms with E-state index in [1.807, 2.05) is 0 Å². The summed E-state index contributed by atoms with van der Waals surface area (Å²) in [5.74, 6) is 5.53. The zero-order valence-electron chi connectivity index (χ0n) is 7.20. The summed E-state index contributed by atoms with van der Waals surface area (Å²) in [7, 11) is 0. The molecule has 0 radical (unpaired) electrons. The topological polar surface area (TPSA) is 38.0 Å². The molecule has 0 rings (SSSR count).